The summed E-state index contributed by atoms with van der Waals surface area (Å²) in [6.07, 6.45) is 1.94. The Morgan fingerprint density at radius 2 is 1.88 bits per heavy atom. The van der Waals surface area contributed by atoms with Crippen molar-refractivity contribution in [2.45, 2.75) is 26.7 Å². The van der Waals surface area contributed by atoms with Gasteiger partial charge in [-0.25, -0.2) is 0 Å². The lowest BCUT2D eigenvalue weighted by molar-refractivity contribution is 0.470. The van der Waals surface area contributed by atoms with Crippen molar-refractivity contribution in [2.75, 3.05) is 0 Å². The third kappa shape index (κ3) is 2.69. The van der Waals surface area contributed by atoms with Crippen LogP contribution in [0, 0.1) is 5.92 Å². The lowest BCUT2D eigenvalue weighted by atomic mass is 10.1. The van der Waals surface area contributed by atoms with E-state index in [4.69, 9.17) is 4.42 Å². The van der Waals surface area contributed by atoms with Crippen LogP contribution in [0.15, 0.2) is 34.7 Å². The number of hydrogen-bond donors (Lipinski definition) is 0. The highest BCUT2D eigenvalue weighted by Gasteiger charge is 2.08. The van der Waals surface area contributed by atoms with Crippen LogP contribution in [-0.4, -0.2) is 10.2 Å². The molecular weight excluding hydrogens is 200 g/mol. The van der Waals surface area contributed by atoms with Gasteiger partial charge in [-0.3, -0.25) is 0 Å². The van der Waals surface area contributed by atoms with Crippen molar-refractivity contribution < 1.29 is 4.42 Å². The summed E-state index contributed by atoms with van der Waals surface area (Å²) in [6.45, 7) is 4.38. The number of hydrogen-bond acceptors (Lipinski definition) is 3. The number of aromatic nitrogens is 2. The Hall–Kier alpha value is -1.64. The van der Waals surface area contributed by atoms with Gasteiger partial charge in [0.25, 0.3) is 0 Å². The monoisotopic (exact) mass is 216 g/mol. The van der Waals surface area contributed by atoms with Crippen LogP contribution in [0.3, 0.4) is 0 Å². The van der Waals surface area contributed by atoms with Crippen molar-refractivity contribution in [3.8, 4) is 11.5 Å². The van der Waals surface area contributed by atoms with Crippen LogP contribution in [0.25, 0.3) is 11.5 Å². The van der Waals surface area contributed by atoms with Gasteiger partial charge in [-0.1, -0.05) is 32.0 Å². The van der Waals surface area contributed by atoms with E-state index in [9.17, 15) is 0 Å². The van der Waals surface area contributed by atoms with Crippen LogP contribution in [0.1, 0.15) is 26.2 Å². The first kappa shape index (κ1) is 10.9. The van der Waals surface area contributed by atoms with Gasteiger partial charge >= 0.3 is 0 Å². The van der Waals surface area contributed by atoms with Gasteiger partial charge in [0.2, 0.25) is 11.8 Å². The average molecular weight is 216 g/mol. The number of nitrogens with zero attached hydrogens (tertiary/aromatic N) is 2. The Morgan fingerprint density at radius 3 is 2.56 bits per heavy atom. The second-order valence-electron chi connectivity index (χ2n) is 4.30. The molecule has 1 aromatic carbocycles. The molecule has 0 radical (unpaired) electrons. The van der Waals surface area contributed by atoms with E-state index in [1.807, 2.05) is 30.3 Å². The Labute approximate surface area is 95.5 Å². The minimum Gasteiger partial charge on any atom is -0.421 e. The maximum absolute atomic E-state index is 5.60. The van der Waals surface area contributed by atoms with Crippen LogP contribution in [0.5, 0.6) is 0 Å². The molecule has 0 bridgehead atoms. The SMILES string of the molecule is CC(C)CCc1nnc(-c2ccccc2)o1. The van der Waals surface area contributed by atoms with E-state index in [1.54, 1.807) is 0 Å². The highest BCUT2D eigenvalue weighted by atomic mass is 16.4. The summed E-state index contributed by atoms with van der Waals surface area (Å²) in [5.41, 5.74) is 0.978. The lowest BCUT2D eigenvalue weighted by Gasteiger charge is -1.99. The molecule has 0 fully saturated rings. The zero-order valence-corrected chi connectivity index (χ0v) is 9.68. The number of rotatable bonds is 4. The standard InChI is InChI=1S/C13H16N2O/c1-10(2)8-9-12-14-15-13(16-12)11-6-4-3-5-7-11/h3-7,10H,8-9H2,1-2H3. The second-order valence-corrected chi connectivity index (χ2v) is 4.30. The Balaban J connectivity index is 2.08. The summed E-state index contributed by atoms with van der Waals surface area (Å²) in [5.74, 6) is 2.00. The molecule has 2 aromatic rings. The average Bonchev–Trinajstić information content (AvgIpc) is 2.76. The van der Waals surface area contributed by atoms with E-state index in [0.29, 0.717) is 11.8 Å². The second kappa shape index (κ2) is 4.92. The normalized spacial score (nSPS) is 10.9. The van der Waals surface area contributed by atoms with Crippen LogP contribution in [-0.2, 0) is 6.42 Å². The number of aryl methyl sites for hydroxylation is 1. The molecule has 0 aliphatic heterocycles. The van der Waals surface area contributed by atoms with Crippen molar-refractivity contribution in [1.29, 1.82) is 0 Å². The molecule has 3 heteroatoms. The largest absolute Gasteiger partial charge is 0.421 e. The molecule has 1 aromatic heterocycles. The van der Waals surface area contributed by atoms with Gasteiger partial charge in [-0.15, -0.1) is 10.2 Å². The van der Waals surface area contributed by atoms with Gasteiger partial charge in [0.1, 0.15) is 0 Å². The topological polar surface area (TPSA) is 38.9 Å². The minimum absolute atomic E-state index is 0.611. The van der Waals surface area contributed by atoms with E-state index in [1.165, 1.54) is 0 Å². The van der Waals surface area contributed by atoms with Gasteiger partial charge < -0.3 is 4.42 Å². The van der Waals surface area contributed by atoms with E-state index in [-0.39, 0.29) is 0 Å². The third-order valence-corrected chi connectivity index (χ3v) is 2.42. The number of benzene rings is 1. The van der Waals surface area contributed by atoms with Crippen molar-refractivity contribution >= 4 is 0 Å². The summed E-state index contributed by atoms with van der Waals surface area (Å²) in [7, 11) is 0. The highest BCUT2D eigenvalue weighted by molar-refractivity contribution is 5.51. The molecule has 84 valence electrons. The third-order valence-electron chi connectivity index (χ3n) is 2.42. The summed E-state index contributed by atoms with van der Waals surface area (Å²) >= 11 is 0. The first-order valence-electron chi connectivity index (χ1n) is 5.63. The van der Waals surface area contributed by atoms with Crippen molar-refractivity contribution in [2.24, 2.45) is 5.92 Å². The first-order valence-corrected chi connectivity index (χ1v) is 5.63. The van der Waals surface area contributed by atoms with E-state index < -0.39 is 0 Å². The van der Waals surface area contributed by atoms with Crippen molar-refractivity contribution in [3.05, 3.63) is 36.2 Å². The molecule has 1 heterocycles. The molecule has 0 amide bonds. The van der Waals surface area contributed by atoms with E-state index in [0.717, 1.165) is 24.3 Å². The fourth-order valence-electron chi connectivity index (χ4n) is 1.46. The Kier molecular flexibility index (Phi) is 3.34. The first-order chi connectivity index (χ1) is 7.75. The molecule has 0 aliphatic rings. The summed E-state index contributed by atoms with van der Waals surface area (Å²) in [6, 6.07) is 9.85. The summed E-state index contributed by atoms with van der Waals surface area (Å²) in [4.78, 5) is 0. The predicted octanol–water partition coefficient (Wildman–Crippen LogP) is 3.33. The smallest absolute Gasteiger partial charge is 0.247 e. The summed E-state index contributed by atoms with van der Waals surface area (Å²) < 4.78 is 5.60. The van der Waals surface area contributed by atoms with Gasteiger partial charge in [0.15, 0.2) is 0 Å². The molecule has 0 saturated carbocycles. The fourth-order valence-corrected chi connectivity index (χ4v) is 1.46. The molecule has 0 spiro atoms. The maximum Gasteiger partial charge on any atom is 0.247 e. The van der Waals surface area contributed by atoms with Crippen LogP contribution >= 0.6 is 0 Å². The predicted molar refractivity (Wildman–Crippen MR) is 62.9 cm³/mol. The van der Waals surface area contributed by atoms with Crippen LogP contribution in [0.2, 0.25) is 0 Å². The molecule has 3 nitrogen and oxygen atoms in total. The van der Waals surface area contributed by atoms with Gasteiger partial charge in [0.05, 0.1) is 0 Å². The molecule has 16 heavy (non-hydrogen) atoms. The fraction of sp³-hybridized carbons (Fsp3) is 0.385. The van der Waals surface area contributed by atoms with E-state index >= 15 is 0 Å². The van der Waals surface area contributed by atoms with E-state index in [2.05, 4.69) is 24.0 Å². The molecule has 0 saturated heterocycles. The molecular formula is C13H16N2O. The maximum atomic E-state index is 5.60. The van der Waals surface area contributed by atoms with Gasteiger partial charge in [-0.05, 0) is 24.5 Å². The lowest BCUT2D eigenvalue weighted by Crippen LogP contribution is -1.91. The molecule has 0 aliphatic carbocycles. The Morgan fingerprint density at radius 1 is 1.12 bits per heavy atom. The molecule has 2 rings (SSSR count). The summed E-state index contributed by atoms with van der Waals surface area (Å²) in [5, 5.41) is 8.10. The van der Waals surface area contributed by atoms with Gasteiger partial charge in [0, 0.05) is 12.0 Å². The molecule has 0 N–H and O–H groups in total. The van der Waals surface area contributed by atoms with Crippen LogP contribution in [0.4, 0.5) is 0 Å². The van der Waals surface area contributed by atoms with Crippen LogP contribution < -0.4 is 0 Å². The molecule has 0 unspecified atom stereocenters. The van der Waals surface area contributed by atoms with Gasteiger partial charge in [-0.2, -0.15) is 0 Å². The highest BCUT2D eigenvalue weighted by Crippen LogP contribution is 2.18. The van der Waals surface area contributed by atoms with Crippen molar-refractivity contribution in [3.63, 3.8) is 0 Å². The molecule has 0 atom stereocenters. The van der Waals surface area contributed by atoms with Crippen molar-refractivity contribution in [1.82, 2.24) is 10.2 Å². The zero-order valence-electron chi connectivity index (χ0n) is 9.68. The minimum atomic E-state index is 0.611. The quantitative estimate of drug-likeness (QED) is 0.786. The Bertz CT molecular complexity index is 434. The zero-order chi connectivity index (χ0) is 11.4.